The lowest BCUT2D eigenvalue weighted by Gasteiger charge is -2.17. The molecule has 3 heterocycles. The van der Waals surface area contributed by atoms with Gasteiger partial charge in [0.15, 0.2) is 0 Å². The van der Waals surface area contributed by atoms with Crippen LogP contribution < -0.4 is 10.6 Å². The SMILES string of the molecule is c1nc(NC2CCCCNC2)c2sccc2n1. The molecule has 17 heavy (non-hydrogen) atoms. The van der Waals surface area contributed by atoms with Crippen molar-refractivity contribution >= 4 is 27.4 Å². The predicted octanol–water partition coefficient (Wildman–Crippen LogP) is 2.25. The first-order chi connectivity index (χ1) is 8.43. The topological polar surface area (TPSA) is 49.8 Å². The van der Waals surface area contributed by atoms with E-state index in [4.69, 9.17) is 0 Å². The number of thiophene rings is 1. The fourth-order valence-electron chi connectivity index (χ4n) is 2.23. The van der Waals surface area contributed by atoms with Crippen LogP contribution in [0.4, 0.5) is 5.82 Å². The van der Waals surface area contributed by atoms with Crippen molar-refractivity contribution in [3.63, 3.8) is 0 Å². The number of rotatable bonds is 2. The molecule has 3 rings (SSSR count). The van der Waals surface area contributed by atoms with Crippen molar-refractivity contribution in [2.45, 2.75) is 25.3 Å². The highest BCUT2D eigenvalue weighted by Gasteiger charge is 2.13. The zero-order valence-electron chi connectivity index (χ0n) is 9.65. The van der Waals surface area contributed by atoms with E-state index in [1.54, 1.807) is 17.7 Å². The van der Waals surface area contributed by atoms with E-state index >= 15 is 0 Å². The van der Waals surface area contributed by atoms with Crippen LogP contribution in [0.5, 0.6) is 0 Å². The Morgan fingerprint density at radius 1 is 1.35 bits per heavy atom. The molecule has 4 nitrogen and oxygen atoms in total. The van der Waals surface area contributed by atoms with Gasteiger partial charge in [0, 0.05) is 12.6 Å². The Morgan fingerprint density at radius 2 is 2.35 bits per heavy atom. The van der Waals surface area contributed by atoms with Crippen LogP contribution in [0.15, 0.2) is 17.8 Å². The average molecular weight is 248 g/mol. The Labute approximate surface area is 104 Å². The van der Waals surface area contributed by atoms with Gasteiger partial charge in [-0.05, 0) is 30.8 Å². The maximum absolute atomic E-state index is 4.36. The number of aromatic nitrogens is 2. The molecule has 2 N–H and O–H groups in total. The standard InChI is InChI=1S/C12H16N4S/c1-2-5-13-7-9(3-1)16-12-11-10(4-6-17-11)14-8-15-12/h4,6,8-9,13H,1-3,5,7H2,(H,14,15,16). The summed E-state index contributed by atoms with van der Waals surface area (Å²) in [6, 6.07) is 2.52. The quantitative estimate of drug-likeness (QED) is 0.856. The Morgan fingerprint density at radius 3 is 3.35 bits per heavy atom. The van der Waals surface area contributed by atoms with Gasteiger partial charge in [-0.2, -0.15) is 0 Å². The fourth-order valence-corrected chi connectivity index (χ4v) is 3.03. The number of nitrogens with zero attached hydrogens (tertiary/aromatic N) is 2. The summed E-state index contributed by atoms with van der Waals surface area (Å²) < 4.78 is 1.16. The number of nitrogens with one attached hydrogen (secondary N) is 2. The van der Waals surface area contributed by atoms with Crippen LogP contribution in [-0.4, -0.2) is 29.1 Å². The number of hydrogen-bond acceptors (Lipinski definition) is 5. The van der Waals surface area contributed by atoms with Crippen molar-refractivity contribution in [3.8, 4) is 0 Å². The minimum Gasteiger partial charge on any atom is -0.365 e. The zero-order valence-corrected chi connectivity index (χ0v) is 10.5. The molecule has 1 fully saturated rings. The first kappa shape index (κ1) is 10.9. The van der Waals surface area contributed by atoms with Crippen LogP contribution in [0.3, 0.4) is 0 Å². The third kappa shape index (κ3) is 2.40. The molecule has 0 bridgehead atoms. The maximum Gasteiger partial charge on any atom is 0.147 e. The van der Waals surface area contributed by atoms with E-state index < -0.39 is 0 Å². The van der Waals surface area contributed by atoms with E-state index in [1.807, 2.05) is 6.07 Å². The van der Waals surface area contributed by atoms with E-state index in [0.717, 1.165) is 29.1 Å². The van der Waals surface area contributed by atoms with Gasteiger partial charge in [0.05, 0.1) is 10.2 Å². The number of hydrogen-bond donors (Lipinski definition) is 2. The molecule has 0 spiro atoms. The van der Waals surface area contributed by atoms with Gasteiger partial charge in [-0.1, -0.05) is 6.42 Å². The summed E-state index contributed by atoms with van der Waals surface area (Å²) in [6.45, 7) is 2.16. The van der Waals surface area contributed by atoms with Crippen molar-refractivity contribution in [1.82, 2.24) is 15.3 Å². The Bertz CT molecular complexity index is 488. The van der Waals surface area contributed by atoms with Gasteiger partial charge in [0.2, 0.25) is 0 Å². The van der Waals surface area contributed by atoms with Crippen LogP contribution >= 0.6 is 11.3 Å². The Hall–Kier alpha value is -1.20. The highest BCUT2D eigenvalue weighted by molar-refractivity contribution is 7.17. The van der Waals surface area contributed by atoms with E-state index in [2.05, 4.69) is 26.0 Å². The summed E-state index contributed by atoms with van der Waals surface area (Å²) in [7, 11) is 0. The van der Waals surface area contributed by atoms with Crippen LogP contribution in [0.25, 0.3) is 10.2 Å². The van der Waals surface area contributed by atoms with Crippen LogP contribution in [-0.2, 0) is 0 Å². The number of anilines is 1. The molecule has 2 aromatic rings. The third-order valence-electron chi connectivity index (χ3n) is 3.13. The Kier molecular flexibility index (Phi) is 3.20. The summed E-state index contributed by atoms with van der Waals surface area (Å²) in [5.74, 6) is 0.985. The summed E-state index contributed by atoms with van der Waals surface area (Å²) in [5.41, 5.74) is 1.04. The van der Waals surface area contributed by atoms with Crippen LogP contribution in [0.1, 0.15) is 19.3 Å². The van der Waals surface area contributed by atoms with Gasteiger partial charge in [-0.15, -0.1) is 11.3 Å². The lowest BCUT2D eigenvalue weighted by atomic mass is 10.1. The molecular weight excluding hydrogens is 232 g/mol. The molecule has 2 aromatic heterocycles. The molecule has 1 aliphatic heterocycles. The minimum absolute atomic E-state index is 0.484. The van der Waals surface area contributed by atoms with Gasteiger partial charge in [0.1, 0.15) is 12.1 Å². The van der Waals surface area contributed by atoms with E-state index in [1.165, 1.54) is 19.3 Å². The third-order valence-corrected chi connectivity index (χ3v) is 4.04. The first-order valence-corrected chi connectivity index (χ1v) is 6.97. The highest BCUT2D eigenvalue weighted by Crippen LogP contribution is 2.25. The molecule has 90 valence electrons. The molecule has 1 saturated heterocycles. The molecule has 0 aromatic carbocycles. The molecule has 0 aliphatic carbocycles. The van der Waals surface area contributed by atoms with Crippen molar-refractivity contribution in [1.29, 1.82) is 0 Å². The van der Waals surface area contributed by atoms with Crippen LogP contribution in [0, 0.1) is 0 Å². The molecule has 0 saturated carbocycles. The molecule has 1 atom stereocenters. The maximum atomic E-state index is 4.36. The van der Waals surface area contributed by atoms with Crippen molar-refractivity contribution in [3.05, 3.63) is 17.8 Å². The molecule has 0 radical (unpaired) electrons. The van der Waals surface area contributed by atoms with Crippen molar-refractivity contribution < 1.29 is 0 Å². The molecule has 1 unspecified atom stereocenters. The first-order valence-electron chi connectivity index (χ1n) is 6.09. The van der Waals surface area contributed by atoms with E-state index in [-0.39, 0.29) is 0 Å². The second-order valence-corrected chi connectivity index (χ2v) is 5.31. The average Bonchev–Trinajstić information content (AvgIpc) is 2.69. The smallest absolute Gasteiger partial charge is 0.147 e. The zero-order chi connectivity index (χ0) is 11.5. The second-order valence-electron chi connectivity index (χ2n) is 4.40. The summed E-state index contributed by atoms with van der Waals surface area (Å²) in [4.78, 5) is 8.62. The second kappa shape index (κ2) is 4.98. The molecule has 5 heteroatoms. The van der Waals surface area contributed by atoms with Crippen molar-refractivity contribution in [2.24, 2.45) is 0 Å². The monoisotopic (exact) mass is 248 g/mol. The summed E-state index contributed by atoms with van der Waals surface area (Å²) in [5, 5.41) is 9.07. The van der Waals surface area contributed by atoms with E-state index in [9.17, 15) is 0 Å². The molecular formula is C12H16N4S. The van der Waals surface area contributed by atoms with Crippen molar-refractivity contribution in [2.75, 3.05) is 18.4 Å². The van der Waals surface area contributed by atoms with Gasteiger partial charge >= 0.3 is 0 Å². The normalized spacial score (nSPS) is 21.3. The van der Waals surface area contributed by atoms with Gasteiger partial charge in [0.25, 0.3) is 0 Å². The van der Waals surface area contributed by atoms with E-state index in [0.29, 0.717) is 6.04 Å². The van der Waals surface area contributed by atoms with Gasteiger partial charge in [-0.25, -0.2) is 9.97 Å². The van der Waals surface area contributed by atoms with Gasteiger partial charge in [-0.3, -0.25) is 0 Å². The minimum atomic E-state index is 0.484. The van der Waals surface area contributed by atoms with Gasteiger partial charge < -0.3 is 10.6 Å². The molecule has 1 aliphatic rings. The largest absolute Gasteiger partial charge is 0.365 e. The summed E-state index contributed by atoms with van der Waals surface area (Å²) >= 11 is 1.70. The number of fused-ring (bicyclic) bond motifs is 1. The highest BCUT2D eigenvalue weighted by atomic mass is 32.1. The Balaban J connectivity index is 1.81. The lowest BCUT2D eigenvalue weighted by Crippen LogP contribution is -2.31. The van der Waals surface area contributed by atoms with Crippen LogP contribution in [0.2, 0.25) is 0 Å². The lowest BCUT2D eigenvalue weighted by molar-refractivity contribution is 0.634. The summed E-state index contributed by atoms with van der Waals surface area (Å²) in [6.07, 6.45) is 5.41. The molecule has 0 amide bonds. The fraction of sp³-hybridized carbons (Fsp3) is 0.500. The predicted molar refractivity (Wildman–Crippen MR) is 71.5 cm³/mol.